The summed E-state index contributed by atoms with van der Waals surface area (Å²) < 4.78 is 0. The van der Waals surface area contributed by atoms with Crippen LogP contribution in [0.4, 0.5) is 10.8 Å². The minimum absolute atomic E-state index is 0.279. The highest BCUT2D eigenvalue weighted by atomic mass is 32.1. The molecule has 0 aliphatic rings. The van der Waals surface area contributed by atoms with Crippen LogP contribution < -0.4 is 11.2 Å². The van der Waals surface area contributed by atoms with Crippen LogP contribution in [0.25, 0.3) is 0 Å². The highest BCUT2D eigenvalue weighted by Crippen LogP contribution is 2.25. The Morgan fingerprint density at radius 3 is 2.91 bits per heavy atom. The number of hydrazone groups is 1. The van der Waals surface area contributed by atoms with Crippen LogP contribution in [0.5, 0.6) is 5.75 Å². The molecule has 1 aromatic heterocycles. The Kier molecular flexibility index (Phi) is 4.32. The lowest BCUT2D eigenvalue weighted by Gasteiger charge is -1.98. The number of nitrogens with two attached hydrogens (primary N) is 1. The number of nitrogens with one attached hydrogen (secondary N) is 1. The lowest BCUT2D eigenvalue weighted by atomic mass is 10.2. The van der Waals surface area contributed by atoms with Crippen molar-refractivity contribution in [3.63, 3.8) is 0 Å². The maximum absolute atomic E-state index is 11.8. The molecule has 0 aliphatic heterocycles. The lowest BCUT2D eigenvalue weighted by molar-refractivity contribution is -0.385. The number of phenols is 1. The van der Waals surface area contributed by atoms with Crippen molar-refractivity contribution in [3.8, 4) is 5.75 Å². The molecular weight excluding hydrogens is 310 g/mol. The van der Waals surface area contributed by atoms with Crippen LogP contribution in [0.1, 0.15) is 20.9 Å². The van der Waals surface area contributed by atoms with Gasteiger partial charge in [-0.15, -0.1) is 0 Å². The van der Waals surface area contributed by atoms with E-state index in [-0.39, 0.29) is 5.13 Å². The number of nitro groups is 1. The number of benzene rings is 1. The Morgan fingerprint density at radius 1 is 1.59 bits per heavy atom. The van der Waals surface area contributed by atoms with Crippen LogP contribution in [-0.2, 0) is 0 Å². The highest BCUT2D eigenvalue weighted by Gasteiger charge is 2.14. The molecule has 22 heavy (non-hydrogen) atoms. The summed E-state index contributed by atoms with van der Waals surface area (Å²) in [5.41, 5.74) is 8.18. The molecule has 1 amide bonds. The van der Waals surface area contributed by atoms with E-state index < -0.39 is 22.3 Å². The molecule has 10 heteroatoms. The fraction of sp³-hybridized carbons (Fsp3) is 0.0833. The average molecular weight is 321 g/mol. The second kappa shape index (κ2) is 6.18. The first kappa shape index (κ1) is 15.4. The van der Waals surface area contributed by atoms with Gasteiger partial charge in [0, 0.05) is 11.6 Å². The van der Waals surface area contributed by atoms with Gasteiger partial charge in [-0.05, 0) is 19.1 Å². The van der Waals surface area contributed by atoms with E-state index in [4.69, 9.17) is 5.73 Å². The molecule has 1 heterocycles. The van der Waals surface area contributed by atoms with E-state index in [1.54, 1.807) is 6.92 Å². The second-order valence-corrected chi connectivity index (χ2v) is 5.20. The Balaban J connectivity index is 2.10. The summed E-state index contributed by atoms with van der Waals surface area (Å²) >= 11 is 1.04. The number of hydrogen-bond donors (Lipinski definition) is 3. The normalized spacial score (nSPS) is 10.8. The van der Waals surface area contributed by atoms with Crippen molar-refractivity contribution in [1.82, 2.24) is 10.4 Å². The van der Waals surface area contributed by atoms with Crippen molar-refractivity contribution in [2.75, 3.05) is 5.73 Å². The van der Waals surface area contributed by atoms with Crippen LogP contribution in [0.15, 0.2) is 23.3 Å². The third-order valence-electron chi connectivity index (χ3n) is 2.60. The minimum atomic E-state index is -0.714. The number of thiazole rings is 1. The molecule has 9 nitrogen and oxygen atoms in total. The van der Waals surface area contributed by atoms with Crippen molar-refractivity contribution in [2.45, 2.75) is 6.92 Å². The van der Waals surface area contributed by atoms with Gasteiger partial charge in [-0.2, -0.15) is 5.10 Å². The third kappa shape index (κ3) is 3.35. The van der Waals surface area contributed by atoms with Crippen molar-refractivity contribution in [2.24, 2.45) is 5.10 Å². The second-order valence-electron chi connectivity index (χ2n) is 4.17. The molecule has 0 aliphatic carbocycles. The molecule has 0 atom stereocenters. The monoisotopic (exact) mass is 321 g/mol. The first-order valence-electron chi connectivity index (χ1n) is 5.92. The number of nitrogen functional groups attached to an aromatic ring is 1. The van der Waals surface area contributed by atoms with Gasteiger partial charge in [-0.1, -0.05) is 11.3 Å². The zero-order valence-electron chi connectivity index (χ0n) is 11.3. The molecule has 0 spiro atoms. The van der Waals surface area contributed by atoms with Gasteiger partial charge >= 0.3 is 5.69 Å². The van der Waals surface area contributed by atoms with Crippen molar-refractivity contribution in [3.05, 3.63) is 44.4 Å². The Morgan fingerprint density at radius 2 is 2.32 bits per heavy atom. The molecule has 114 valence electrons. The summed E-state index contributed by atoms with van der Waals surface area (Å²) in [7, 11) is 0. The fourth-order valence-corrected chi connectivity index (χ4v) is 2.33. The third-order valence-corrected chi connectivity index (χ3v) is 3.58. The average Bonchev–Trinajstić information content (AvgIpc) is 2.79. The Labute approximate surface area is 128 Å². The van der Waals surface area contributed by atoms with Gasteiger partial charge in [0.2, 0.25) is 0 Å². The van der Waals surface area contributed by atoms with Crippen LogP contribution in [-0.4, -0.2) is 27.1 Å². The number of phenolic OH excluding ortho intramolecular Hbond substituents is 1. The molecule has 4 N–H and O–H groups in total. The van der Waals surface area contributed by atoms with Gasteiger partial charge in [-0.3, -0.25) is 14.9 Å². The largest absolute Gasteiger partial charge is 0.502 e. The van der Waals surface area contributed by atoms with Crippen LogP contribution in [0, 0.1) is 17.0 Å². The maximum Gasteiger partial charge on any atom is 0.311 e. The summed E-state index contributed by atoms with van der Waals surface area (Å²) in [5.74, 6) is -0.918. The molecular formula is C12H11N5O4S. The predicted molar refractivity (Wildman–Crippen MR) is 81.1 cm³/mol. The summed E-state index contributed by atoms with van der Waals surface area (Å²) in [6.45, 7) is 1.65. The number of aryl methyl sites for hydroxylation is 1. The van der Waals surface area contributed by atoms with Gasteiger partial charge in [0.15, 0.2) is 10.9 Å². The summed E-state index contributed by atoms with van der Waals surface area (Å²) in [4.78, 5) is 26.1. The van der Waals surface area contributed by atoms with Gasteiger partial charge in [-0.25, -0.2) is 10.4 Å². The number of hydrogen-bond acceptors (Lipinski definition) is 8. The molecule has 0 bridgehead atoms. The molecule has 1 aromatic carbocycles. The summed E-state index contributed by atoms with van der Waals surface area (Å²) in [5, 5.41) is 24.0. The molecule has 0 radical (unpaired) electrons. The van der Waals surface area contributed by atoms with Crippen molar-refractivity contribution < 1.29 is 14.8 Å². The Hall–Kier alpha value is -3.01. The summed E-state index contributed by atoms with van der Waals surface area (Å²) in [6, 6.07) is 3.74. The summed E-state index contributed by atoms with van der Waals surface area (Å²) in [6.07, 6.45) is 1.23. The van der Waals surface area contributed by atoms with E-state index >= 15 is 0 Å². The Bertz CT molecular complexity index is 771. The van der Waals surface area contributed by atoms with Gasteiger partial charge in [0.05, 0.1) is 16.8 Å². The van der Waals surface area contributed by atoms with E-state index in [0.717, 1.165) is 17.4 Å². The zero-order valence-corrected chi connectivity index (χ0v) is 12.1. The smallest absolute Gasteiger partial charge is 0.311 e. The zero-order chi connectivity index (χ0) is 16.3. The number of amides is 1. The van der Waals surface area contributed by atoms with Gasteiger partial charge in [0.1, 0.15) is 4.88 Å². The van der Waals surface area contributed by atoms with E-state index in [1.165, 1.54) is 18.3 Å². The number of carbonyl (C=O) groups excluding carboxylic acids is 1. The molecule has 0 unspecified atom stereocenters. The van der Waals surface area contributed by atoms with E-state index in [1.807, 2.05) is 0 Å². The first-order chi connectivity index (χ1) is 10.4. The lowest BCUT2D eigenvalue weighted by Crippen LogP contribution is -2.17. The number of aromatic hydroxyl groups is 1. The number of nitrogens with zero attached hydrogens (tertiary/aromatic N) is 3. The minimum Gasteiger partial charge on any atom is -0.502 e. The maximum atomic E-state index is 11.8. The molecule has 0 saturated heterocycles. The van der Waals surface area contributed by atoms with Crippen LogP contribution >= 0.6 is 11.3 Å². The van der Waals surface area contributed by atoms with Gasteiger partial charge in [0.25, 0.3) is 5.91 Å². The standard InChI is InChI=1S/C12H11N5O4S/c1-6-10(22-12(13)15-6)11(19)16-14-5-7-2-3-9(18)8(4-7)17(20)21/h2-5,18H,1H3,(H2,13,15)(H,16,19)/b14-5+. The highest BCUT2D eigenvalue weighted by molar-refractivity contribution is 7.17. The molecule has 0 saturated carbocycles. The number of carbonyl (C=O) groups is 1. The molecule has 0 fully saturated rings. The number of aromatic nitrogens is 1. The predicted octanol–water partition coefficient (Wildman–Crippen LogP) is 1.41. The van der Waals surface area contributed by atoms with Crippen LogP contribution in [0.3, 0.4) is 0 Å². The first-order valence-corrected chi connectivity index (χ1v) is 6.74. The number of nitro benzene ring substituents is 1. The van der Waals surface area contributed by atoms with E-state index in [9.17, 15) is 20.0 Å². The van der Waals surface area contributed by atoms with Gasteiger partial charge < -0.3 is 10.8 Å². The SMILES string of the molecule is Cc1nc(N)sc1C(=O)N/N=C/c1ccc(O)c([N+](=O)[O-])c1. The quantitative estimate of drug-likeness (QED) is 0.441. The van der Waals surface area contributed by atoms with Crippen LogP contribution in [0.2, 0.25) is 0 Å². The fourth-order valence-electron chi connectivity index (χ4n) is 1.61. The van der Waals surface area contributed by atoms with E-state index in [0.29, 0.717) is 16.1 Å². The van der Waals surface area contributed by atoms with E-state index in [2.05, 4.69) is 15.5 Å². The number of anilines is 1. The molecule has 2 rings (SSSR count). The topological polar surface area (TPSA) is 144 Å². The molecule has 2 aromatic rings. The van der Waals surface area contributed by atoms with Crippen molar-refractivity contribution >= 4 is 34.3 Å². The van der Waals surface area contributed by atoms with Crippen molar-refractivity contribution in [1.29, 1.82) is 0 Å². The number of rotatable bonds is 4.